The molecule has 1 amide bonds. The largest absolute Gasteiger partial charge is 0.390 e. The first-order valence-electron chi connectivity index (χ1n) is 6.52. The highest BCUT2D eigenvalue weighted by atomic mass is 19.3. The van der Waals surface area contributed by atoms with Gasteiger partial charge in [-0.25, -0.2) is 8.78 Å². The minimum absolute atomic E-state index is 0.133. The van der Waals surface area contributed by atoms with Gasteiger partial charge in [0.15, 0.2) is 0 Å². The molecule has 0 unspecified atom stereocenters. The van der Waals surface area contributed by atoms with Gasteiger partial charge in [0.05, 0.1) is 13.1 Å². The van der Waals surface area contributed by atoms with E-state index in [0.29, 0.717) is 0 Å². The summed E-state index contributed by atoms with van der Waals surface area (Å²) in [5.41, 5.74) is 0. The minimum Gasteiger partial charge on any atom is -0.390 e. The van der Waals surface area contributed by atoms with Crippen LogP contribution in [0.4, 0.5) is 8.78 Å². The van der Waals surface area contributed by atoms with E-state index in [-0.39, 0.29) is 18.5 Å². The molecule has 0 spiro atoms. The Balaban J connectivity index is 2.16. The van der Waals surface area contributed by atoms with Gasteiger partial charge in [-0.1, -0.05) is 25.7 Å². The summed E-state index contributed by atoms with van der Waals surface area (Å²) in [6.45, 7) is -2.02. The number of aliphatic hydroxyl groups is 1. The van der Waals surface area contributed by atoms with E-state index in [1.165, 1.54) is 12.8 Å². The topological polar surface area (TPSA) is 61.4 Å². The molecule has 4 nitrogen and oxygen atoms in total. The van der Waals surface area contributed by atoms with Crippen LogP contribution in [0, 0.1) is 0 Å². The normalized spacial score (nSPS) is 18.4. The van der Waals surface area contributed by atoms with E-state index in [9.17, 15) is 13.6 Å². The third-order valence-electron chi connectivity index (χ3n) is 3.12. The van der Waals surface area contributed by atoms with Gasteiger partial charge in [-0.3, -0.25) is 4.79 Å². The summed E-state index contributed by atoms with van der Waals surface area (Å²) in [7, 11) is 0. The molecule has 1 aliphatic carbocycles. The lowest BCUT2D eigenvalue weighted by atomic mass is 10.1. The summed E-state index contributed by atoms with van der Waals surface area (Å²) in [5, 5.41) is 13.6. The molecule has 0 aromatic rings. The van der Waals surface area contributed by atoms with Gasteiger partial charge < -0.3 is 15.7 Å². The van der Waals surface area contributed by atoms with Crippen molar-refractivity contribution in [2.24, 2.45) is 0 Å². The minimum atomic E-state index is -3.16. The molecule has 1 aliphatic rings. The highest BCUT2D eigenvalue weighted by Crippen LogP contribution is 2.17. The molecule has 1 rings (SSSR count). The number of alkyl halides is 2. The molecule has 1 saturated carbocycles. The second kappa shape index (κ2) is 7.63. The Morgan fingerprint density at radius 2 is 1.83 bits per heavy atom. The lowest BCUT2D eigenvalue weighted by Gasteiger charge is -2.17. The molecule has 0 aromatic heterocycles. The predicted molar refractivity (Wildman–Crippen MR) is 64.5 cm³/mol. The van der Waals surface area contributed by atoms with Crippen LogP contribution in [0.5, 0.6) is 0 Å². The number of hydrogen-bond donors (Lipinski definition) is 3. The zero-order chi connectivity index (χ0) is 13.4. The van der Waals surface area contributed by atoms with Gasteiger partial charge in [0, 0.05) is 6.04 Å². The summed E-state index contributed by atoms with van der Waals surface area (Å²) in [6, 6.07) is 0.181. The number of carbonyl (C=O) groups is 1. The van der Waals surface area contributed by atoms with Crippen LogP contribution in [0.3, 0.4) is 0 Å². The van der Waals surface area contributed by atoms with Crippen LogP contribution in [0.2, 0.25) is 0 Å². The number of rotatable bonds is 6. The predicted octanol–water partition coefficient (Wildman–Crippen LogP) is 1.04. The molecule has 0 atom stereocenters. The van der Waals surface area contributed by atoms with Crippen molar-refractivity contribution in [3.05, 3.63) is 0 Å². The van der Waals surface area contributed by atoms with Gasteiger partial charge in [-0.15, -0.1) is 0 Å². The van der Waals surface area contributed by atoms with Crippen molar-refractivity contribution in [3.8, 4) is 0 Å². The number of aliphatic hydroxyl groups excluding tert-OH is 1. The average Bonchev–Trinajstić information content (AvgIpc) is 2.57. The van der Waals surface area contributed by atoms with Crippen LogP contribution in [0.25, 0.3) is 0 Å². The number of halogens is 2. The summed E-state index contributed by atoms with van der Waals surface area (Å²) >= 11 is 0. The molecule has 6 heteroatoms. The van der Waals surface area contributed by atoms with E-state index in [4.69, 9.17) is 5.11 Å². The van der Waals surface area contributed by atoms with Gasteiger partial charge >= 0.3 is 0 Å². The lowest BCUT2D eigenvalue weighted by molar-refractivity contribution is -0.121. The average molecular weight is 264 g/mol. The van der Waals surface area contributed by atoms with Crippen molar-refractivity contribution >= 4 is 5.91 Å². The highest BCUT2D eigenvalue weighted by Gasteiger charge is 2.27. The standard InChI is InChI=1S/C12H22F2N2O2/c13-12(14,9-17)8-15-7-11(18)16-10-5-3-1-2-4-6-10/h10,15,17H,1-9H2,(H,16,18). The van der Waals surface area contributed by atoms with E-state index in [0.717, 1.165) is 25.7 Å². The monoisotopic (exact) mass is 264 g/mol. The third-order valence-corrected chi connectivity index (χ3v) is 3.12. The van der Waals surface area contributed by atoms with Crippen LogP contribution in [0.15, 0.2) is 0 Å². The molecular weight excluding hydrogens is 242 g/mol. The Morgan fingerprint density at radius 1 is 1.22 bits per heavy atom. The first kappa shape index (κ1) is 15.3. The fraction of sp³-hybridized carbons (Fsp3) is 0.917. The maximum atomic E-state index is 12.7. The molecular formula is C12H22F2N2O2. The summed E-state index contributed by atoms with van der Waals surface area (Å²) < 4.78 is 25.3. The second-order valence-corrected chi connectivity index (χ2v) is 4.87. The molecule has 0 saturated heterocycles. The van der Waals surface area contributed by atoms with Crippen LogP contribution < -0.4 is 10.6 Å². The highest BCUT2D eigenvalue weighted by molar-refractivity contribution is 5.78. The first-order valence-corrected chi connectivity index (χ1v) is 6.52. The van der Waals surface area contributed by atoms with E-state index < -0.39 is 19.1 Å². The summed E-state index contributed by atoms with van der Waals surface area (Å²) in [4.78, 5) is 11.5. The van der Waals surface area contributed by atoms with E-state index >= 15 is 0 Å². The number of carbonyl (C=O) groups excluding carboxylic acids is 1. The number of amides is 1. The molecule has 3 N–H and O–H groups in total. The maximum Gasteiger partial charge on any atom is 0.282 e. The van der Waals surface area contributed by atoms with E-state index in [1.54, 1.807) is 0 Å². The molecule has 1 fully saturated rings. The van der Waals surface area contributed by atoms with Gasteiger partial charge in [-0.05, 0) is 12.8 Å². The van der Waals surface area contributed by atoms with Crippen LogP contribution in [0.1, 0.15) is 38.5 Å². The van der Waals surface area contributed by atoms with E-state index in [2.05, 4.69) is 10.6 Å². The summed E-state index contributed by atoms with van der Waals surface area (Å²) in [5.74, 6) is -3.42. The zero-order valence-electron chi connectivity index (χ0n) is 10.6. The van der Waals surface area contributed by atoms with Gasteiger partial charge in [0.2, 0.25) is 5.91 Å². The van der Waals surface area contributed by atoms with Crippen molar-refractivity contribution in [1.82, 2.24) is 10.6 Å². The fourth-order valence-electron chi connectivity index (χ4n) is 2.12. The Hall–Kier alpha value is -0.750. The molecule has 0 bridgehead atoms. The van der Waals surface area contributed by atoms with E-state index in [1.807, 2.05) is 0 Å². The molecule has 18 heavy (non-hydrogen) atoms. The Labute approximate surface area is 106 Å². The first-order chi connectivity index (χ1) is 8.53. The maximum absolute atomic E-state index is 12.7. The molecule has 0 radical (unpaired) electrons. The molecule has 0 aliphatic heterocycles. The SMILES string of the molecule is O=C(CNCC(F)(F)CO)NC1CCCCCC1. The molecule has 0 aromatic carbocycles. The van der Waals surface area contributed by atoms with Crippen molar-refractivity contribution in [3.63, 3.8) is 0 Å². The Kier molecular flexibility index (Phi) is 6.49. The Morgan fingerprint density at radius 3 is 2.39 bits per heavy atom. The zero-order valence-corrected chi connectivity index (χ0v) is 10.6. The van der Waals surface area contributed by atoms with Crippen LogP contribution >= 0.6 is 0 Å². The van der Waals surface area contributed by atoms with Crippen LogP contribution in [-0.2, 0) is 4.79 Å². The number of nitrogens with one attached hydrogen (secondary N) is 2. The summed E-state index contributed by atoms with van der Waals surface area (Å²) in [6.07, 6.45) is 6.57. The van der Waals surface area contributed by atoms with Crippen molar-refractivity contribution < 1.29 is 18.7 Å². The van der Waals surface area contributed by atoms with Gasteiger partial charge in [0.25, 0.3) is 5.92 Å². The fourth-order valence-corrected chi connectivity index (χ4v) is 2.12. The van der Waals surface area contributed by atoms with Crippen molar-refractivity contribution in [2.75, 3.05) is 19.7 Å². The molecule has 106 valence electrons. The second-order valence-electron chi connectivity index (χ2n) is 4.87. The van der Waals surface area contributed by atoms with Crippen molar-refractivity contribution in [2.45, 2.75) is 50.5 Å². The molecule has 0 heterocycles. The van der Waals surface area contributed by atoms with Crippen molar-refractivity contribution in [1.29, 1.82) is 0 Å². The number of hydrogen-bond acceptors (Lipinski definition) is 3. The smallest absolute Gasteiger partial charge is 0.282 e. The lowest BCUT2D eigenvalue weighted by Crippen LogP contribution is -2.44. The Bertz CT molecular complexity index is 254. The quantitative estimate of drug-likeness (QED) is 0.628. The van der Waals surface area contributed by atoms with Gasteiger partial charge in [-0.2, -0.15) is 0 Å². The van der Waals surface area contributed by atoms with Crippen LogP contribution in [-0.4, -0.2) is 42.7 Å². The third kappa shape index (κ3) is 6.26. The van der Waals surface area contributed by atoms with Gasteiger partial charge in [0.1, 0.15) is 6.61 Å².